The summed E-state index contributed by atoms with van der Waals surface area (Å²) in [5.74, 6) is -0.627. The standard InChI is InChI=1S/C47H60N4O2.C40H52N4O3/c48-44(52)46(38-22-12-8-13-23-38,39-24-14-9-15-25-39)42-30-34-50(36-42)32-20-6-4-2-1-3-5-7-21-33-51-35-31-43(37-51)47(45(49)53,40-26-16-10-17-27-40)41-28-18-11-19-29-41;1-42(29-30-44-37(45)35-23-15-16-24-36(35)38(44)46)26-17-7-5-3-2-4-6-8-18-27-43-28-25-34(31-43)40(39(41)47,32-19-11-9-12-20-32)33-21-13-10-14-22-33/h8-19,22-29,42-43H,1-7,20-21,30-37H2,(H2,48,52)(H2,49,53);9-16,19-24,34H,2-8,17-18,25-31H2,1H3,(H2,41,47)/t42-,43-;34-/m11/s1. The Morgan fingerprint density at radius 1 is 0.330 bits per heavy atom. The molecule has 4 aliphatic rings. The molecule has 0 bridgehead atoms. The maximum absolute atomic E-state index is 13.4. The Hall–Kier alpha value is -8.07. The molecule has 0 aromatic heterocycles. The van der Waals surface area contributed by atoms with Gasteiger partial charge in [0, 0.05) is 32.7 Å². The molecule has 6 N–H and O–H groups in total. The minimum Gasteiger partial charge on any atom is -0.369 e. The first-order valence-electron chi connectivity index (χ1n) is 37.9. The van der Waals surface area contributed by atoms with E-state index in [0.717, 1.165) is 125 Å². The Morgan fingerprint density at radius 3 is 0.810 bits per heavy atom. The lowest BCUT2D eigenvalue weighted by molar-refractivity contribution is -0.124. The van der Waals surface area contributed by atoms with Crippen LogP contribution in [0.1, 0.15) is 189 Å². The molecule has 0 spiro atoms. The predicted molar refractivity (Wildman–Crippen MR) is 405 cm³/mol. The van der Waals surface area contributed by atoms with Gasteiger partial charge in [0.25, 0.3) is 11.8 Å². The van der Waals surface area contributed by atoms with Crippen LogP contribution in [0.15, 0.2) is 206 Å². The van der Waals surface area contributed by atoms with Gasteiger partial charge in [0.1, 0.15) is 16.2 Å². The number of carbonyl (C=O) groups is 5. The van der Waals surface area contributed by atoms with Gasteiger partial charge in [-0.15, -0.1) is 0 Å². The van der Waals surface area contributed by atoms with Crippen LogP contribution in [0.3, 0.4) is 0 Å². The van der Waals surface area contributed by atoms with E-state index in [1.807, 2.05) is 109 Å². The van der Waals surface area contributed by atoms with E-state index in [1.54, 1.807) is 24.3 Å². The van der Waals surface area contributed by atoms with Crippen molar-refractivity contribution in [2.45, 2.75) is 151 Å². The van der Waals surface area contributed by atoms with Crippen molar-refractivity contribution in [2.24, 2.45) is 35.0 Å². The molecule has 13 heteroatoms. The minimum absolute atomic E-state index is 0.154. The van der Waals surface area contributed by atoms with Gasteiger partial charge in [0.15, 0.2) is 0 Å². The highest BCUT2D eigenvalue weighted by atomic mass is 16.2. The molecule has 100 heavy (non-hydrogen) atoms. The molecular formula is C87H112N8O5. The van der Waals surface area contributed by atoms with Gasteiger partial charge in [-0.3, -0.25) is 28.9 Å². The molecule has 0 radical (unpaired) electrons. The lowest BCUT2D eigenvalue weighted by Crippen LogP contribution is -2.49. The van der Waals surface area contributed by atoms with Crippen LogP contribution in [0.4, 0.5) is 0 Å². The number of nitrogens with two attached hydrogens (primary N) is 3. The Balaban J connectivity index is 0.000000218. The van der Waals surface area contributed by atoms with E-state index in [2.05, 4.69) is 99.4 Å². The maximum atomic E-state index is 13.4. The highest BCUT2D eigenvalue weighted by Crippen LogP contribution is 2.47. The van der Waals surface area contributed by atoms with E-state index >= 15 is 0 Å². The Labute approximate surface area is 597 Å². The second-order valence-electron chi connectivity index (χ2n) is 29.0. The average molecular weight is 1350 g/mol. The van der Waals surface area contributed by atoms with Crippen LogP contribution in [0.25, 0.3) is 0 Å². The van der Waals surface area contributed by atoms with Crippen LogP contribution in [0.2, 0.25) is 0 Å². The molecule has 5 amide bonds. The van der Waals surface area contributed by atoms with Gasteiger partial charge in [0.2, 0.25) is 17.7 Å². The van der Waals surface area contributed by atoms with Crippen molar-refractivity contribution in [3.63, 3.8) is 0 Å². The fourth-order valence-corrected chi connectivity index (χ4v) is 17.4. The highest BCUT2D eigenvalue weighted by Gasteiger charge is 2.52. The van der Waals surface area contributed by atoms with E-state index in [1.165, 1.54) is 114 Å². The monoisotopic (exact) mass is 1350 g/mol. The molecule has 0 aliphatic carbocycles. The fraction of sp³-hybridized carbons (Fsp3) is 0.460. The van der Waals surface area contributed by atoms with Crippen molar-refractivity contribution < 1.29 is 24.0 Å². The van der Waals surface area contributed by atoms with E-state index in [0.29, 0.717) is 24.2 Å². The summed E-state index contributed by atoms with van der Waals surface area (Å²) in [7, 11) is 2.07. The Morgan fingerprint density at radius 2 is 0.560 bits per heavy atom. The molecule has 3 fully saturated rings. The van der Waals surface area contributed by atoms with Crippen LogP contribution < -0.4 is 17.2 Å². The lowest BCUT2D eigenvalue weighted by atomic mass is 9.64. The zero-order valence-electron chi connectivity index (χ0n) is 59.7. The maximum Gasteiger partial charge on any atom is 0.261 e. The van der Waals surface area contributed by atoms with E-state index in [4.69, 9.17) is 17.2 Å². The fourth-order valence-electron chi connectivity index (χ4n) is 17.4. The van der Waals surface area contributed by atoms with Gasteiger partial charge in [-0.1, -0.05) is 284 Å². The van der Waals surface area contributed by atoms with E-state index in [9.17, 15) is 24.0 Å². The third-order valence-corrected chi connectivity index (χ3v) is 22.7. The van der Waals surface area contributed by atoms with Crippen molar-refractivity contribution in [1.29, 1.82) is 0 Å². The first-order valence-corrected chi connectivity index (χ1v) is 37.9. The molecule has 3 saturated heterocycles. The number of imide groups is 1. The first-order chi connectivity index (χ1) is 48.9. The molecular weight excluding hydrogens is 1240 g/mol. The Bertz CT molecular complexity index is 3360. The van der Waals surface area contributed by atoms with E-state index in [-0.39, 0.29) is 47.3 Å². The van der Waals surface area contributed by atoms with Crippen LogP contribution in [0.5, 0.6) is 0 Å². The normalized spacial score (nSPS) is 17.6. The third-order valence-electron chi connectivity index (χ3n) is 22.7. The van der Waals surface area contributed by atoms with Crippen LogP contribution in [-0.4, -0.2) is 140 Å². The zero-order valence-corrected chi connectivity index (χ0v) is 59.7. The van der Waals surface area contributed by atoms with Crippen molar-refractivity contribution in [3.05, 3.63) is 251 Å². The molecule has 7 aromatic carbocycles. The summed E-state index contributed by atoms with van der Waals surface area (Å²) in [6.45, 7) is 11.1. The number of likely N-dealkylation sites (N-methyl/N-ethyl adjacent to an activating group) is 1. The smallest absolute Gasteiger partial charge is 0.261 e. The number of amides is 5. The van der Waals surface area contributed by atoms with Crippen molar-refractivity contribution in [1.82, 2.24) is 24.5 Å². The second kappa shape index (κ2) is 37.6. The van der Waals surface area contributed by atoms with Gasteiger partial charge in [-0.25, -0.2) is 0 Å². The number of carbonyl (C=O) groups excluding carboxylic acids is 5. The summed E-state index contributed by atoms with van der Waals surface area (Å²) >= 11 is 0. The zero-order chi connectivity index (χ0) is 70.0. The summed E-state index contributed by atoms with van der Waals surface area (Å²) in [6, 6.07) is 68.0. The molecule has 13 nitrogen and oxygen atoms in total. The largest absolute Gasteiger partial charge is 0.369 e. The summed E-state index contributed by atoms with van der Waals surface area (Å²) in [5.41, 5.74) is 23.5. The van der Waals surface area contributed by atoms with Crippen LogP contribution in [0, 0.1) is 17.8 Å². The van der Waals surface area contributed by atoms with Gasteiger partial charge in [-0.2, -0.15) is 0 Å². The van der Waals surface area contributed by atoms with Crippen LogP contribution in [-0.2, 0) is 30.6 Å². The number of unbranched alkanes of at least 4 members (excludes halogenated alkanes) is 16. The lowest BCUT2D eigenvalue weighted by Gasteiger charge is -2.37. The number of fused-ring (bicyclic) bond motifs is 1. The van der Waals surface area contributed by atoms with Crippen LogP contribution >= 0.6 is 0 Å². The van der Waals surface area contributed by atoms with Gasteiger partial charge in [0.05, 0.1) is 11.1 Å². The summed E-state index contributed by atoms with van der Waals surface area (Å²) < 4.78 is 0. The number of hydrogen-bond donors (Lipinski definition) is 3. The number of hydrogen-bond acceptors (Lipinski definition) is 9. The third kappa shape index (κ3) is 18.0. The van der Waals surface area contributed by atoms with Crippen molar-refractivity contribution in [3.8, 4) is 0 Å². The Kier molecular flexibility index (Phi) is 28.0. The SMILES string of the molecule is CN(CCCCCCCCCCCN1CC[C@@H](C(C(N)=O)(c2ccccc2)c2ccccc2)C1)CCN1C(=O)c2ccccc2C1=O.NC(=O)C(c1ccccc1)(c1ccccc1)[C@@H]1CCN(CCCCCCCCCCCN2CC[C@@H](C(C(N)=O)(c3ccccc3)c3ccccc3)C2)C1. The number of likely N-dealkylation sites (tertiary alicyclic amines) is 3. The highest BCUT2D eigenvalue weighted by molar-refractivity contribution is 6.21. The summed E-state index contributed by atoms with van der Waals surface area (Å²) in [5, 5.41) is 0. The molecule has 0 unspecified atom stereocenters. The summed E-state index contributed by atoms with van der Waals surface area (Å²) in [4.78, 5) is 76.4. The molecule has 4 aliphatic heterocycles. The number of primary amides is 3. The molecule has 3 atom stereocenters. The number of rotatable bonds is 39. The van der Waals surface area contributed by atoms with Gasteiger partial charge >= 0.3 is 0 Å². The molecule has 530 valence electrons. The molecule has 0 saturated carbocycles. The summed E-state index contributed by atoms with van der Waals surface area (Å²) in [6.07, 6.45) is 25.5. The number of benzene rings is 7. The van der Waals surface area contributed by atoms with E-state index < -0.39 is 16.2 Å². The first kappa shape index (κ1) is 74.6. The molecule has 7 aromatic rings. The minimum atomic E-state index is -0.811. The molecule has 11 rings (SSSR count). The quantitative estimate of drug-likeness (QED) is 0.0250. The predicted octanol–water partition coefficient (Wildman–Crippen LogP) is 14.6. The molecule has 4 heterocycles. The van der Waals surface area contributed by atoms with Gasteiger partial charge < -0.3 is 36.8 Å². The second-order valence-corrected chi connectivity index (χ2v) is 29.0. The van der Waals surface area contributed by atoms with Crippen molar-refractivity contribution in [2.75, 3.05) is 85.6 Å². The average Bonchev–Trinajstić information content (AvgIpc) is 1.14. The number of nitrogens with zero attached hydrogens (tertiary/aromatic N) is 5. The van der Waals surface area contributed by atoms with Crippen molar-refractivity contribution >= 4 is 29.5 Å². The topological polar surface area (TPSA) is 180 Å². The van der Waals surface area contributed by atoms with Gasteiger partial charge in [-0.05, 0) is 161 Å².